The normalized spacial score (nSPS) is 26.2. The molecule has 1 aromatic heterocycles. The number of carbonyl (C=O) groups is 2. The maximum Gasteiger partial charge on any atom is 0.269 e. The number of pyridine rings is 1. The van der Waals surface area contributed by atoms with E-state index >= 15 is 0 Å². The van der Waals surface area contributed by atoms with Gasteiger partial charge in [0, 0.05) is 30.3 Å². The third-order valence-corrected chi connectivity index (χ3v) is 6.03. The average Bonchev–Trinajstić information content (AvgIpc) is 3.17. The Kier molecular flexibility index (Phi) is 4.89. The van der Waals surface area contributed by atoms with Crippen LogP contribution in [0.1, 0.15) is 57.8 Å². The summed E-state index contributed by atoms with van der Waals surface area (Å²) < 4.78 is 0. The van der Waals surface area contributed by atoms with Crippen LogP contribution in [0.15, 0.2) is 42.5 Å². The van der Waals surface area contributed by atoms with Crippen LogP contribution in [-0.4, -0.2) is 41.1 Å². The molecule has 146 valence electrons. The largest absolute Gasteiger partial charge is 0.393 e. The van der Waals surface area contributed by atoms with Gasteiger partial charge in [-0.05, 0) is 42.4 Å². The lowest BCUT2D eigenvalue weighted by Crippen LogP contribution is -2.30. The summed E-state index contributed by atoms with van der Waals surface area (Å²) >= 11 is 0. The SMILES string of the molecule is CNC(=O)c1cc(C(=O)N[C@H]2[C@@H]3C[C@@H](O)C[C@@H]32)cc([C@@H](C)c2ccccc2)n1. The van der Waals surface area contributed by atoms with Crippen molar-refractivity contribution in [2.75, 3.05) is 7.05 Å². The molecule has 1 aromatic carbocycles. The van der Waals surface area contributed by atoms with E-state index in [9.17, 15) is 14.7 Å². The van der Waals surface area contributed by atoms with Crippen LogP contribution >= 0.6 is 0 Å². The number of aliphatic hydroxyl groups is 1. The van der Waals surface area contributed by atoms with Crippen molar-refractivity contribution in [3.63, 3.8) is 0 Å². The van der Waals surface area contributed by atoms with E-state index in [-0.39, 0.29) is 35.6 Å². The van der Waals surface area contributed by atoms with Crippen molar-refractivity contribution in [1.82, 2.24) is 15.6 Å². The highest BCUT2D eigenvalue weighted by Gasteiger charge is 2.56. The zero-order valence-electron chi connectivity index (χ0n) is 16.1. The Bertz CT molecular complexity index is 887. The van der Waals surface area contributed by atoms with Crippen LogP contribution in [0, 0.1) is 11.8 Å². The van der Waals surface area contributed by atoms with Gasteiger partial charge in [-0.15, -0.1) is 0 Å². The molecule has 0 saturated heterocycles. The fraction of sp³-hybridized carbons (Fsp3) is 0.409. The summed E-state index contributed by atoms with van der Waals surface area (Å²) in [7, 11) is 1.55. The van der Waals surface area contributed by atoms with Gasteiger partial charge in [0.25, 0.3) is 11.8 Å². The molecule has 1 heterocycles. The zero-order chi connectivity index (χ0) is 19.8. The molecule has 0 unspecified atom stereocenters. The third-order valence-electron chi connectivity index (χ3n) is 6.03. The first-order chi connectivity index (χ1) is 13.5. The van der Waals surface area contributed by atoms with Gasteiger partial charge in [-0.3, -0.25) is 9.59 Å². The maximum absolute atomic E-state index is 12.8. The first-order valence-electron chi connectivity index (χ1n) is 9.76. The van der Waals surface area contributed by atoms with Crippen LogP contribution in [-0.2, 0) is 0 Å². The average molecular weight is 379 g/mol. The van der Waals surface area contributed by atoms with E-state index in [1.54, 1.807) is 19.2 Å². The number of carbonyl (C=O) groups excluding carboxylic acids is 2. The van der Waals surface area contributed by atoms with Gasteiger partial charge in [0.2, 0.25) is 0 Å². The summed E-state index contributed by atoms with van der Waals surface area (Å²) in [5.74, 6) is 0.196. The zero-order valence-corrected chi connectivity index (χ0v) is 16.1. The number of amides is 2. The van der Waals surface area contributed by atoms with Gasteiger partial charge in [0.05, 0.1) is 6.10 Å². The molecule has 2 aliphatic carbocycles. The minimum Gasteiger partial charge on any atom is -0.393 e. The van der Waals surface area contributed by atoms with Gasteiger partial charge in [-0.1, -0.05) is 37.3 Å². The van der Waals surface area contributed by atoms with Crippen molar-refractivity contribution >= 4 is 11.8 Å². The Morgan fingerprint density at radius 2 is 1.79 bits per heavy atom. The summed E-state index contributed by atoms with van der Waals surface area (Å²) in [6.45, 7) is 2.01. The minimum absolute atomic E-state index is 0.0483. The highest BCUT2D eigenvalue weighted by atomic mass is 16.3. The molecule has 28 heavy (non-hydrogen) atoms. The van der Waals surface area contributed by atoms with Crippen molar-refractivity contribution in [2.45, 2.75) is 37.8 Å². The predicted octanol–water partition coefficient (Wildman–Crippen LogP) is 2.09. The lowest BCUT2D eigenvalue weighted by atomic mass is 9.95. The maximum atomic E-state index is 12.8. The van der Waals surface area contributed by atoms with Gasteiger partial charge >= 0.3 is 0 Å². The molecule has 2 amide bonds. The number of aromatic nitrogens is 1. The molecule has 5 atom stereocenters. The fourth-order valence-corrected chi connectivity index (χ4v) is 4.32. The smallest absolute Gasteiger partial charge is 0.269 e. The molecule has 2 fully saturated rings. The van der Waals surface area contributed by atoms with Gasteiger partial charge in [-0.2, -0.15) is 0 Å². The molecule has 6 nitrogen and oxygen atoms in total. The summed E-state index contributed by atoms with van der Waals surface area (Å²) in [5, 5.41) is 15.3. The molecule has 0 aliphatic heterocycles. The fourth-order valence-electron chi connectivity index (χ4n) is 4.32. The standard InChI is InChI=1S/C22H25N3O3/c1-12(13-6-4-3-5-7-13)18-8-14(9-19(24-18)22(28)23-2)21(27)25-20-16-10-15(26)11-17(16)20/h3-9,12,15-17,20,26H,10-11H2,1-2H3,(H,23,28)(H,25,27)/t12-,15-,16-,17+,20+/m0/s1. The van der Waals surface area contributed by atoms with Crippen LogP contribution in [0.4, 0.5) is 0 Å². The number of nitrogens with one attached hydrogen (secondary N) is 2. The van der Waals surface area contributed by atoms with E-state index in [0.29, 0.717) is 23.1 Å². The predicted molar refractivity (Wildman–Crippen MR) is 105 cm³/mol. The molecule has 0 radical (unpaired) electrons. The van der Waals surface area contributed by atoms with Gasteiger partial charge in [0.15, 0.2) is 0 Å². The molecule has 2 aliphatic rings. The Labute approximate surface area is 164 Å². The number of nitrogens with zero attached hydrogens (tertiary/aromatic N) is 1. The van der Waals surface area contributed by atoms with E-state index in [0.717, 1.165) is 18.4 Å². The number of benzene rings is 1. The third kappa shape index (κ3) is 3.52. The first-order valence-corrected chi connectivity index (χ1v) is 9.76. The topological polar surface area (TPSA) is 91.3 Å². The molecule has 3 N–H and O–H groups in total. The van der Waals surface area contributed by atoms with E-state index in [1.165, 1.54) is 0 Å². The summed E-state index contributed by atoms with van der Waals surface area (Å²) in [6.07, 6.45) is 1.28. The van der Waals surface area contributed by atoms with E-state index in [1.807, 2.05) is 37.3 Å². The summed E-state index contributed by atoms with van der Waals surface area (Å²) in [4.78, 5) is 29.5. The van der Waals surface area contributed by atoms with E-state index in [4.69, 9.17) is 0 Å². The Morgan fingerprint density at radius 1 is 1.11 bits per heavy atom. The van der Waals surface area contributed by atoms with Crippen molar-refractivity contribution in [3.8, 4) is 0 Å². The molecule has 2 aromatic rings. The molecule has 6 heteroatoms. The van der Waals surface area contributed by atoms with Crippen molar-refractivity contribution in [3.05, 3.63) is 65.0 Å². The second kappa shape index (κ2) is 7.36. The lowest BCUT2D eigenvalue weighted by molar-refractivity contribution is 0.0936. The first kappa shape index (κ1) is 18.6. The highest BCUT2D eigenvalue weighted by Crippen LogP contribution is 2.52. The van der Waals surface area contributed by atoms with Crippen molar-refractivity contribution in [1.29, 1.82) is 0 Å². The number of aliphatic hydroxyl groups excluding tert-OH is 1. The second-order valence-corrected chi connectivity index (χ2v) is 7.83. The van der Waals surface area contributed by atoms with Crippen LogP contribution < -0.4 is 10.6 Å². The van der Waals surface area contributed by atoms with Crippen molar-refractivity contribution in [2.24, 2.45) is 11.8 Å². The summed E-state index contributed by atoms with van der Waals surface area (Å²) in [6, 6.07) is 13.3. The van der Waals surface area contributed by atoms with Crippen molar-refractivity contribution < 1.29 is 14.7 Å². The monoisotopic (exact) mass is 379 g/mol. The molecule has 4 rings (SSSR count). The molecule has 0 spiro atoms. The number of rotatable bonds is 5. The Morgan fingerprint density at radius 3 is 2.43 bits per heavy atom. The molecule has 2 saturated carbocycles. The lowest BCUT2D eigenvalue weighted by Gasteiger charge is -2.15. The number of fused-ring (bicyclic) bond motifs is 1. The number of hydrogen-bond donors (Lipinski definition) is 3. The van der Waals surface area contributed by atoms with E-state index < -0.39 is 0 Å². The van der Waals surface area contributed by atoms with Crippen LogP contribution in [0.3, 0.4) is 0 Å². The van der Waals surface area contributed by atoms with Crippen LogP contribution in [0.2, 0.25) is 0 Å². The Hall–Kier alpha value is -2.73. The Balaban J connectivity index is 1.59. The van der Waals surface area contributed by atoms with Gasteiger partial charge in [-0.25, -0.2) is 4.98 Å². The number of hydrogen-bond acceptors (Lipinski definition) is 4. The van der Waals surface area contributed by atoms with Gasteiger partial charge < -0.3 is 15.7 Å². The van der Waals surface area contributed by atoms with Gasteiger partial charge in [0.1, 0.15) is 5.69 Å². The second-order valence-electron chi connectivity index (χ2n) is 7.83. The highest BCUT2D eigenvalue weighted by molar-refractivity contribution is 5.99. The summed E-state index contributed by atoms with van der Waals surface area (Å²) in [5.41, 5.74) is 2.43. The van der Waals surface area contributed by atoms with Crippen LogP contribution in [0.5, 0.6) is 0 Å². The quantitative estimate of drug-likeness (QED) is 0.742. The molecule has 0 bridgehead atoms. The van der Waals surface area contributed by atoms with Crippen LogP contribution in [0.25, 0.3) is 0 Å². The minimum atomic E-state index is -0.317. The molecular formula is C22H25N3O3. The molecular weight excluding hydrogens is 354 g/mol. The van der Waals surface area contributed by atoms with E-state index in [2.05, 4.69) is 15.6 Å².